The van der Waals surface area contributed by atoms with Crippen LogP contribution in [0.25, 0.3) is 0 Å². The van der Waals surface area contributed by atoms with Crippen LogP contribution >= 0.6 is 11.8 Å². The van der Waals surface area contributed by atoms with E-state index < -0.39 is 5.97 Å². The highest BCUT2D eigenvalue weighted by Gasteiger charge is 1.97. The number of aliphatic carboxylic acids is 1. The van der Waals surface area contributed by atoms with Gasteiger partial charge in [-0.15, -0.1) is 11.8 Å². The second kappa shape index (κ2) is 7.22. The third-order valence-electron chi connectivity index (χ3n) is 1.46. The van der Waals surface area contributed by atoms with Crippen molar-refractivity contribution >= 4 is 17.7 Å². The average molecular weight is 188 g/mol. The van der Waals surface area contributed by atoms with Gasteiger partial charge < -0.3 is 5.11 Å². The largest absolute Gasteiger partial charge is 0.478 e. The van der Waals surface area contributed by atoms with Crippen molar-refractivity contribution < 1.29 is 9.90 Å². The molecule has 0 aromatic rings. The predicted octanol–water partition coefficient (Wildman–Crippen LogP) is 2.90. The van der Waals surface area contributed by atoms with E-state index >= 15 is 0 Å². The van der Waals surface area contributed by atoms with Crippen molar-refractivity contribution in [3.8, 4) is 0 Å². The van der Waals surface area contributed by atoms with Crippen molar-refractivity contribution in [2.24, 2.45) is 0 Å². The van der Waals surface area contributed by atoms with Crippen LogP contribution in [0.15, 0.2) is 11.0 Å². The van der Waals surface area contributed by atoms with Gasteiger partial charge in [-0.05, 0) is 24.5 Å². The van der Waals surface area contributed by atoms with E-state index in [0.29, 0.717) is 5.57 Å². The molecule has 0 spiro atoms. The van der Waals surface area contributed by atoms with E-state index in [1.807, 2.05) is 0 Å². The molecule has 0 saturated carbocycles. The summed E-state index contributed by atoms with van der Waals surface area (Å²) in [6.07, 6.45) is 3.61. The van der Waals surface area contributed by atoms with Gasteiger partial charge in [0, 0.05) is 5.57 Å². The van der Waals surface area contributed by atoms with Crippen molar-refractivity contribution in [3.63, 3.8) is 0 Å². The van der Waals surface area contributed by atoms with Crippen LogP contribution in [0.1, 0.15) is 33.1 Å². The zero-order valence-electron chi connectivity index (χ0n) is 7.67. The summed E-state index contributed by atoms with van der Waals surface area (Å²) in [6.45, 7) is 3.78. The number of carboxylic acid groups (broad SMARTS) is 1. The van der Waals surface area contributed by atoms with E-state index in [9.17, 15) is 4.79 Å². The predicted molar refractivity (Wildman–Crippen MR) is 53.4 cm³/mol. The van der Waals surface area contributed by atoms with Crippen LogP contribution in [0.5, 0.6) is 0 Å². The minimum absolute atomic E-state index is 0.427. The maximum absolute atomic E-state index is 10.3. The third kappa shape index (κ3) is 6.28. The zero-order chi connectivity index (χ0) is 9.40. The van der Waals surface area contributed by atoms with Crippen molar-refractivity contribution in [3.05, 3.63) is 11.0 Å². The van der Waals surface area contributed by atoms with Crippen LogP contribution in [-0.2, 0) is 4.79 Å². The summed E-state index contributed by atoms with van der Waals surface area (Å²) in [4.78, 5) is 10.3. The molecule has 0 aliphatic rings. The van der Waals surface area contributed by atoms with E-state index in [1.165, 1.54) is 19.3 Å². The SMILES string of the molecule is CCCCCSC=C(C)C(=O)O. The molecule has 3 heteroatoms. The summed E-state index contributed by atoms with van der Waals surface area (Å²) < 4.78 is 0. The molecule has 0 rings (SSSR count). The van der Waals surface area contributed by atoms with E-state index in [4.69, 9.17) is 5.11 Å². The number of rotatable bonds is 6. The number of thioether (sulfide) groups is 1. The second-order valence-corrected chi connectivity index (χ2v) is 3.66. The normalized spacial score (nSPS) is 11.7. The fourth-order valence-corrected chi connectivity index (χ4v) is 1.51. The van der Waals surface area contributed by atoms with E-state index in [0.717, 1.165) is 5.75 Å². The van der Waals surface area contributed by atoms with Gasteiger partial charge in [0.05, 0.1) is 0 Å². The zero-order valence-corrected chi connectivity index (χ0v) is 8.49. The quantitative estimate of drug-likeness (QED) is 0.514. The van der Waals surface area contributed by atoms with Crippen LogP contribution in [0, 0.1) is 0 Å². The molecule has 0 saturated heterocycles. The first kappa shape index (κ1) is 11.6. The molecule has 0 bridgehead atoms. The highest BCUT2D eigenvalue weighted by Crippen LogP contribution is 2.10. The summed E-state index contributed by atoms with van der Waals surface area (Å²) >= 11 is 1.59. The lowest BCUT2D eigenvalue weighted by Gasteiger charge is -1.95. The van der Waals surface area contributed by atoms with Crippen LogP contribution in [0.3, 0.4) is 0 Å². The first-order valence-electron chi connectivity index (χ1n) is 4.20. The van der Waals surface area contributed by atoms with Crippen molar-refractivity contribution in [2.75, 3.05) is 5.75 Å². The molecule has 0 amide bonds. The summed E-state index contributed by atoms with van der Waals surface area (Å²) in [5.41, 5.74) is 0.427. The Morgan fingerprint density at radius 1 is 1.50 bits per heavy atom. The molecule has 0 fully saturated rings. The van der Waals surface area contributed by atoms with Gasteiger partial charge in [-0.25, -0.2) is 4.79 Å². The molecule has 0 aliphatic carbocycles. The van der Waals surface area contributed by atoms with Crippen LogP contribution in [0.2, 0.25) is 0 Å². The Morgan fingerprint density at radius 3 is 2.67 bits per heavy atom. The molecule has 2 nitrogen and oxygen atoms in total. The fourth-order valence-electron chi connectivity index (χ4n) is 0.670. The molecule has 0 aliphatic heterocycles. The van der Waals surface area contributed by atoms with Gasteiger partial charge >= 0.3 is 5.97 Å². The van der Waals surface area contributed by atoms with Gasteiger partial charge in [0.25, 0.3) is 0 Å². The van der Waals surface area contributed by atoms with E-state index in [2.05, 4.69) is 6.92 Å². The number of carbonyl (C=O) groups is 1. The van der Waals surface area contributed by atoms with Gasteiger partial charge in [-0.2, -0.15) is 0 Å². The lowest BCUT2D eigenvalue weighted by molar-refractivity contribution is -0.132. The lowest BCUT2D eigenvalue weighted by Crippen LogP contribution is -1.94. The number of carboxylic acids is 1. The topological polar surface area (TPSA) is 37.3 Å². The average Bonchev–Trinajstić information content (AvgIpc) is 2.03. The summed E-state index contributed by atoms with van der Waals surface area (Å²) in [5, 5.41) is 10.2. The maximum atomic E-state index is 10.3. The van der Waals surface area contributed by atoms with E-state index in [1.54, 1.807) is 24.1 Å². The molecular formula is C9H16O2S. The highest BCUT2D eigenvalue weighted by molar-refractivity contribution is 8.02. The molecule has 0 unspecified atom stereocenters. The Bertz CT molecular complexity index is 164. The van der Waals surface area contributed by atoms with Gasteiger partial charge in [0.1, 0.15) is 0 Å². The molecular weight excluding hydrogens is 172 g/mol. The molecule has 0 radical (unpaired) electrons. The van der Waals surface area contributed by atoms with Gasteiger partial charge in [0.15, 0.2) is 0 Å². The number of unbranched alkanes of at least 4 members (excludes halogenated alkanes) is 2. The Kier molecular flexibility index (Phi) is 6.96. The molecule has 1 N–H and O–H groups in total. The lowest BCUT2D eigenvalue weighted by atomic mass is 10.3. The Hall–Kier alpha value is -0.440. The summed E-state index contributed by atoms with van der Waals surface area (Å²) in [7, 11) is 0. The molecule has 0 heterocycles. The minimum atomic E-state index is -0.821. The Balaban J connectivity index is 3.40. The monoisotopic (exact) mass is 188 g/mol. The number of hydrogen-bond acceptors (Lipinski definition) is 2. The second-order valence-electron chi connectivity index (χ2n) is 2.68. The molecule has 0 atom stereocenters. The van der Waals surface area contributed by atoms with Crippen LogP contribution in [0.4, 0.5) is 0 Å². The molecule has 0 aromatic heterocycles. The summed E-state index contributed by atoms with van der Waals surface area (Å²) in [6, 6.07) is 0. The van der Waals surface area contributed by atoms with Crippen LogP contribution in [-0.4, -0.2) is 16.8 Å². The molecule has 70 valence electrons. The van der Waals surface area contributed by atoms with Gasteiger partial charge in [-0.3, -0.25) is 0 Å². The fraction of sp³-hybridized carbons (Fsp3) is 0.667. The van der Waals surface area contributed by atoms with Crippen molar-refractivity contribution in [2.45, 2.75) is 33.1 Å². The smallest absolute Gasteiger partial charge is 0.331 e. The summed E-state index contributed by atoms with van der Waals surface area (Å²) in [5.74, 6) is 0.205. The Labute approximate surface area is 78.0 Å². The van der Waals surface area contributed by atoms with Gasteiger partial charge in [-0.1, -0.05) is 19.8 Å². The molecule has 12 heavy (non-hydrogen) atoms. The Morgan fingerprint density at radius 2 is 2.17 bits per heavy atom. The highest BCUT2D eigenvalue weighted by atomic mass is 32.2. The van der Waals surface area contributed by atoms with Crippen molar-refractivity contribution in [1.82, 2.24) is 0 Å². The molecule has 0 aromatic carbocycles. The minimum Gasteiger partial charge on any atom is -0.478 e. The maximum Gasteiger partial charge on any atom is 0.331 e. The standard InChI is InChI=1S/C9H16O2S/c1-3-4-5-6-12-7-8(2)9(10)11/h7H,3-6H2,1-2H3,(H,10,11). The van der Waals surface area contributed by atoms with Crippen molar-refractivity contribution in [1.29, 1.82) is 0 Å². The van der Waals surface area contributed by atoms with E-state index in [-0.39, 0.29) is 0 Å². The first-order chi connectivity index (χ1) is 5.68. The third-order valence-corrected chi connectivity index (χ3v) is 2.51. The number of hydrogen-bond donors (Lipinski definition) is 1. The van der Waals surface area contributed by atoms with Gasteiger partial charge in [0.2, 0.25) is 0 Å². The van der Waals surface area contributed by atoms with Crippen LogP contribution < -0.4 is 0 Å². The first-order valence-corrected chi connectivity index (χ1v) is 5.25.